The third-order valence-corrected chi connectivity index (χ3v) is 8.59. The van der Waals surface area contributed by atoms with Gasteiger partial charge in [-0.15, -0.1) is 0 Å². The van der Waals surface area contributed by atoms with E-state index in [1.165, 1.54) is 24.3 Å². The number of halogens is 4. The average molecular weight is 594 g/mol. The third-order valence-electron chi connectivity index (χ3n) is 3.86. The largest absolute Gasteiger partial charge is 0.454 e. The zero-order chi connectivity index (χ0) is 25.7. The molecule has 0 aliphatic rings. The molecule has 0 spiro atoms. The number of rotatable bonds is 10. The average Bonchev–Trinajstić information content (AvgIpc) is 2.80. The topological polar surface area (TPSA) is 144 Å². The molecular weight excluding hydrogens is 582 g/mol. The van der Waals surface area contributed by atoms with Crippen LogP contribution in [0, 0.1) is 0 Å². The van der Waals surface area contributed by atoms with Crippen LogP contribution < -0.4 is 0 Å². The molecule has 184 valence electrons. The summed E-state index contributed by atoms with van der Waals surface area (Å²) in [5.41, 5.74) is -0.908. The highest BCUT2D eigenvalue weighted by Crippen LogP contribution is 2.25. The minimum Gasteiger partial charge on any atom is -0.454 e. The van der Waals surface area contributed by atoms with Crippen LogP contribution in [-0.4, -0.2) is 54.5 Å². The van der Waals surface area contributed by atoms with E-state index in [0.717, 1.165) is 24.3 Å². The third kappa shape index (κ3) is 6.58. The van der Waals surface area contributed by atoms with Gasteiger partial charge in [0.2, 0.25) is 5.78 Å². The Morgan fingerprint density at radius 1 is 0.647 bits per heavy atom. The Bertz CT molecular complexity index is 1220. The SMILES string of the molecule is O=C(COC(=O)c1ccccc1S(=O)(=O)N(Cl)Cl)COC(=O)c1ccccc1S(=O)(=O)N(Cl)Cl. The normalized spacial score (nSPS) is 11.9. The van der Waals surface area contributed by atoms with Crippen LogP contribution in [-0.2, 0) is 34.3 Å². The number of Topliss-reactive ketones (excluding diaryl/α,β-unsaturated/α-hetero) is 1. The number of hydrogen-bond acceptors (Lipinski definition) is 9. The Morgan fingerprint density at radius 3 is 1.29 bits per heavy atom. The van der Waals surface area contributed by atoms with Crippen molar-refractivity contribution in [1.82, 2.24) is 6.69 Å². The molecule has 0 aliphatic carbocycles. The molecule has 0 radical (unpaired) electrons. The number of carbonyl (C=O) groups is 3. The van der Waals surface area contributed by atoms with E-state index in [4.69, 9.17) is 56.6 Å². The van der Waals surface area contributed by atoms with Gasteiger partial charge < -0.3 is 9.47 Å². The molecule has 0 heterocycles. The fraction of sp³-hybridized carbons (Fsp3) is 0.118. The van der Waals surface area contributed by atoms with Gasteiger partial charge in [0.05, 0.1) is 20.9 Å². The van der Waals surface area contributed by atoms with Crippen molar-refractivity contribution < 1.29 is 40.7 Å². The Labute approximate surface area is 214 Å². The van der Waals surface area contributed by atoms with Crippen LogP contribution in [0.4, 0.5) is 0 Å². The van der Waals surface area contributed by atoms with Gasteiger partial charge in [0.15, 0.2) is 13.2 Å². The molecule has 2 aromatic carbocycles. The number of ether oxygens (including phenoxy) is 2. The Hall–Kier alpha value is -1.97. The highest BCUT2D eigenvalue weighted by Gasteiger charge is 2.29. The lowest BCUT2D eigenvalue weighted by Crippen LogP contribution is -2.23. The number of carbonyl (C=O) groups excluding carboxylic acids is 3. The Kier molecular flexibility index (Phi) is 9.68. The molecule has 17 heteroatoms. The predicted octanol–water partition coefficient (Wildman–Crippen LogP) is 2.87. The summed E-state index contributed by atoms with van der Waals surface area (Å²) in [5.74, 6) is -3.31. The van der Waals surface area contributed by atoms with Crippen molar-refractivity contribution >= 4 is 84.9 Å². The highest BCUT2D eigenvalue weighted by molar-refractivity contribution is 7.91. The summed E-state index contributed by atoms with van der Waals surface area (Å²) in [6, 6.07) is 9.56. The minimum atomic E-state index is -4.43. The Morgan fingerprint density at radius 2 is 0.971 bits per heavy atom. The molecule has 0 atom stereocenters. The van der Waals surface area contributed by atoms with Crippen LogP contribution >= 0.6 is 47.1 Å². The van der Waals surface area contributed by atoms with Crippen molar-refractivity contribution in [1.29, 1.82) is 0 Å². The van der Waals surface area contributed by atoms with Gasteiger partial charge in [0.25, 0.3) is 20.0 Å². The van der Waals surface area contributed by atoms with Gasteiger partial charge in [-0.3, -0.25) is 4.79 Å². The summed E-state index contributed by atoms with van der Waals surface area (Å²) in [6.45, 7) is -1.80. The van der Waals surface area contributed by atoms with Gasteiger partial charge in [0, 0.05) is 47.1 Å². The lowest BCUT2D eigenvalue weighted by molar-refractivity contribution is -0.125. The zero-order valence-corrected chi connectivity index (χ0v) is 21.1. The summed E-state index contributed by atoms with van der Waals surface area (Å²) in [5, 5.41) is 0. The monoisotopic (exact) mass is 592 g/mol. The van der Waals surface area contributed by atoms with E-state index in [2.05, 4.69) is 0 Å². The molecule has 0 saturated carbocycles. The smallest absolute Gasteiger partial charge is 0.339 e. The molecule has 0 N–H and O–H groups in total. The van der Waals surface area contributed by atoms with Crippen molar-refractivity contribution in [2.24, 2.45) is 0 Å². The number of ketones is 1. The molecule has 0 saturated heterocycles. The van der Waals surface area contributed by atoms with E-state index in [0.29, 0.717) is 0 Å². The molecule has 0 bridgehead atoms. The van der Waals surface area contributed by atoms with Gasteiger partial charge in [0.1, 0.15) is 0 Å². The standard InChI is InChI=1S/C17H12Cl4N2O9S2/c18-22(19)33(27,28)14-7-3-1-5-12(14)16(25)31-9-11(24)10-32-17(26)13-6-2-4-8-15(13)34(29,30)23(20)21/h1-8H,9-10H2. The molecule has 0 unspecified atom stereocenters. The summed E-state index contributed by atoms with van der Waals surface area (Å²) in [6.07, 6.45) is 0. The molecule has 2 aromatic rings. The van der Waals surface area contributed by atoms with Gasteiger partial charge >= 0.3 is 11.9 Å². The molecule has 0 aliphatic heterocycles. The van der Waals surface area contributed by atoms with E-state index in [1.807, 2.05) is 0 Å². The first-order valence-electron chi connectivity index (χ1n) is 8.58. The summed E-state index contributed by atoms with van der Waals surface area (Å²) < 4.78 is 57.7. The number of nitrogens with zero attached hydrogens (tertiary/aromatic N) is 2. The van der Waals surface area contributed by atoms with E-state index < -0.39 is 71.9 Å². The van der Waals surface area contributed by atoms with Crippen molar-refractivity contribution in [3.05, 3.63) is 59.7 Å². The predicted molar refractivity (Wildman–Crippen MR) is 120 cm³/mol. The van der Waals surface area contributed by atoms with Crippen LogP contribution in [0.15, 0.2) is 58.3 Å². The van der Waals surface area contributed by atoms with Crippen molar-refractivity contribution in [2.75, 3.05) is 13.2 Å². The van der Waals surface area contributed by atoms with Crippen LogP contribution in [0.5, 0.6) is 0 Å². The van der Waals surface area contributed by atoms with Crippen molar-refractivity contribution in [3.8, 4) is 0 Å². The van der Waals surface area contributed by atoms with Crippen molar-refractivity contribution in [2.45, 2.75) is 9.79 Å². The second-order valence-corrected chi connectivity index (χ2v) is 12.0. The maximum Gasteiger partial charge on any atom is 0.339 e. The highest BCUT2D eigenvalue weighted by atomic mass is 35.6. The lowest BCUT2D eigenvalue weighted by atomic mass is 10.2. The molecule has 34 heavy (non-hydrogen) atoms. The molecule has 2 rings (SSSR count). The maximum absolute atomic E-state index is 12.3. The first kappa shape index (κ1) is 28.3. The number of esters is 2. The van der Waals surface area contributed by atoms with Crippen LogP contribution in [0.25, 0.3) is 0 Å². The fourth-order valence-corrected chi connectivity index (χ4v) is 4.91. The quantitative estimate of drug-likeness (QED) is 0.300. The van der Waals surface area contributed by atoms with Gasteiger partial charge in [-0.1, -0.05) is 24.3 Å². The first-order valence-corrected chi connectivity index (χ1v) is 12.8. The summed E-state index contributed by atoms with van der Waals surface area (Å²) in [4.78, 5) is 35.4. The van der Waals surface area contributed by atoms with E-state index >= 15 is 0 Å². The van der Waals surface area contributed by atoms with Crippen LogP contribution in [0.1, 0.15) is 20.7 Å². The molecule has 0 aromatic heterocycles. The minimum absolute atomic E-state index is 0.143. The Balaban J connectivity index is 2.05. The first-order chi connectivity index (χ1) is 15.8. The summed E-state index contributed by atoms with van der Waals surface area (Å²) in [7, 11) is -8.86. The van der Waals surface area contributed by atoms with Gasteiger partial charge in [-0.25, -0.2) is 26.4 Å². The lowest BCUT2D eigenvalue weighted by Gasteiger charge is -2.12. The second-order valence-electron chi connectivity index (χ2n) is 6.04. The van der Waals surface area contributed by atoms with E-state index in [9.17, 15) is 31.2 Å². The van der Waals surface area contributed by atoms with Gasteiger partial charge in [-0.2, -0.15) is 0 Å². The second kappa shape index (κ2) is 11.6. The molecule has 11 nitrogen and oxygen atoms in total. The summed E-state index contributed by atoms with van der Waals surface area (Å²) >= 11 is 21.1. The van der Waals surface area contributed by atoms with Crippen molar-refractivity contribution in [3.63, 3.8) is 0 Å². The van der Waals surface area contributed by atoms with E-state index in [1.54, 1.807) is 0 Å². The van der Waals surface area contributed by atoms with Crippen LogP contribution in [0.2, 0.25) is 0 Å². The number of hydrogen-bond donors (Lipinski definition) is 0. The van der Waals surface area contributed by atoms with E-state index in [-0.39, 0.29) is 6.69 Å². The zero-order valence-electron chi connectivity index (χ0n) is 16.4. The van der Waals surface area contributed by atoms with Gasteiger partial charge in [-0.05, 0) is 31.0 Å². The molecule has 0 amide bonds. The molecular formula is C17H12Cl4N2O9S2. The number of sulfonamides is 2. The van der Waals surface area contributed by atoms with Crippen LogP contribution in [0.3, 0.4) is 0 Å². The maximum atomic E-state index is 12.3. The molecule has 0 fully saturated rings. The number of benzene rings is 2. The fourth-order valence-electron chi connectivity index (χ4n) is 2.36.